The minimum absolute atomic E-state index is 0.0795. The van der Waals surface area contributed by atoms with Gasteiger partial charge in [-0.3, -0.25) is 4.79 Å². The van der Waals surface area contributed by atoms with Crippen molar-refractivity contribution in [2.45, 2.75) is 12.7 Å². The van der Waals surface area contributed by atoms with Crippen LogP contribution in [0.25, 0.3) is 11.0 Å². The molecule has 0 unspecified atom stereocenters. The molecule has 0 saturated carbocycles. The quantitative estimate of drug-likeness (QED) is 0.729. The van der Waals surface area contributed by atoms with Crippen LogP contribution in [0.1, 0.15) is 21.6 Å². The molecule has 0 aliphatic carbocycles. The van der Waals surface area contributed by atoms with Gasteiger partial charge in [-0.1, -0.05) is 11.6 Å². The van der Waals surface area contributed by atoms with E-state index in [1.54, 1.807) is 30.1 Å². The largest absolute Gasteiger partial charge is 0.496 e. The average molecular weight is 399 g/mol. The number of methoxy groups -OCH3 is 1. The second kappa shape index (κ2) is 7.07. The number of ether oxygens (including phenoxy) is 1. The lowest BCUT2D eigenvalue weighted by Gasteiger charge is -2.13. The Kier molecular flexibility index (Phi) is 4.97. The van der Waals surface area contributed by atoms with Gasteiger partial charge in [0.15, 0.2) is 5.69 Å². The minimum atomic E-state index is -4.69. The molecule has 1 amide bonds. The molecule has 27 heavy (non-hydrogen) atoms. The van der Waals surface area contributed by atoms with Crippen LogP contribution in [0.4, 0.5) is 13.2 Å². The highest BCUT2D eigenvalue weighted by Crippen LogP contribution is 2.33. The highest BCUT2D eigenvalue weighted by atomic mass is 35.5. The Morgan fingerprint density at radius 3 is 2.70 bits per heavy atom. The molecule has 1 N–H and O–H groups in total. The second-order valence-corrected chi connectivity index (χ2v) is 6.11. The number of nitrogens with one attached hydrogen (secondary N) is 1. The summed E-state index contributed by atoms with van der Waals surface area (Å²) in [6.07, 6.45) is -2.21. The molecule has 3 rings (SSSR count). The van der Waals surface area contributed by atoms with E-state index < -0.39 is 22.8 Å². The molecule has 2 heterocycles. The average Bonchev–Trinajstić information content (AvgIpc) is 2.99. The van der Waals surface area contributed by atoms with Gasteiger partial charge in [0.25, 0.3) is 5.91 Å². The lowest BCUT2D eigenvalue weighted by atomic mass is 10.1. The van der Waals surface area contributed by atoms with Gasteiger partial charge in [-0.15, -0.1) is 0 Å². The van der Waals surface area contributed by atoms with E-state index in [-0.39, 0.29) is 12.1 Å². The van der Waals surface area contributed by atoms with Crippen LogP contribution in [-0.2, 0) is 19.8 Å². The van der Waals surface area contributed by atoms with Gasteiger partial charge in [0.2, 0.25) is 0 Å². The molecule has 0 saturated heterocycles. The van der Waals surface area contributed by atoms with E-state index in [1.807, 2.05) is 0 Å². The number of halogens is 4. The highest BCUT2D eigenvalue weighted by Gasteiger charge is 2.35. The first-order valence-corrected chi connectivity index (χ1v) is 8.08. The lowest BCUT2D eigenvalue weighted by molar-refractivity contribution is -0.141. The predicted molar refractivity (Wildman–Crippen MR) is 92.7 cm³/mol. The van der Waals surface area contributed by atoms with Gasteiger partial charge in [-0.05, 0) is 18.2 Å². The molecular formula is C17H14ClF3N4O2. The number of fused-ring (bicyclic) bond motifs is 1. The number of hydrogen-bond acceptors (Lipinski definition) is 4. The van der Waals surface area contributed by atoms with Crippen LogP contribution < -0.4 is 10.1 Å². The third-order valence-electron chi connectivity index (χ3n) is 3.96. The van der Waals surface area contributed by atoms with Gasteiger partial charge in [-0.2, -0.15) is 13.2 Å². The Balaban J connectivity index is 1.85. The normalized spacial score (nSPS) is 11.6. The van der Waals surface area contributed by atoms with Crippen LogP contribution in [0.15, 0.2) is 30.7 Å². The van der Waals surface area contributed by atoms with Crippen molar-refractivity contribution in [2.24, 2.45) is 7.05 Å². The number of rotatable bonds is 4. The Morgan fingerprint density at radius 2 is 2.07 bits per heavy atom. The Morgan fingerprint density at radius 1 is 1.33 bits per heavy atom. The summed E-state index contributed by atoms with van der Waals surface area (Å²) in [6, 6.07) is 4.46. The zero-order valence-electron chi connectivity index (χ0n) is 14.3. The number of alkyl halides is 3. The first-order chi connectivity index (χ1) is 12.7. The zero-order chi connectivity index (χ0) is 19.8. The molecule has 142 valence electrons. The molecule has 10 heteroatoms. The van der Waals surface area contributed by atoms with Crippen molar-refractivity contribution in [1.29, 1.82) is 0 Å². The van der Waals surface area contributed by atoms with E-state index in [4.69, 9.17) is 16.3 Å². The maximum Gasteiger partial charge on any atom is 0.434 e. The molecule has 2 aromatic heterocycles. The van der Waals surface area contributed by atoms with Crippen molar-refractivity contribution in [3.8, 4) is 5.75 Å². The number of nitrogens with zero attached hydrogens (tertiary/aromatic N) is 3. The molecule has 6 nitrogen and oxygen atoms in total. The molecule has 0 fully saturated rings. The maximum absolute atomic E-state index is 12.7. The maximum atomic E-state index is 12.7. The van der Waals surface area contributed by atoms with Crippen molar-refractivity contribution in [2.75, 3.05) is 7.11 Å². The van der Waals surface area contributed by atoms with Crippen molar-refractivity contribution < 1.29 is 22.7 Å². The van der Waals surface area contributed by atoms with Crippen molar-refractivity contribution in [3.05, 3.63) is 52.6 Å². The van der Waals surface area contributed by atoms with E-state index in [0.717, 1.165) is 23.3 Å². The highest BCUT2D eigenvalue weighted by molar-refractivity contribution is 6.31. The Labute approximate surface area is 156 Å². The van der Waals surface area contributed by atoms with E-state index in [9.17, 15) is 18.0 Å². The molecule has 3 aromatic rings. The van der Waals surface area contributed by atoms with E-state index in [2.05, 4.69) is 15.3 Å². The summed E-state index contributed by atoms with van der Waals surface area (Å²) in [6.45, 7) is 0.0809. The molecule has 0 radical (unpaired) electrons. The number of hydrogen-bond donors (Lipinski definition) is 1. The summed E-state index contributed by atoms with van der Waals surface area (Å²) in [5, 5.41) is 2.01. The monoisotopic (exact) mass is 398 g/mol. The fraction of sp³-hybridized carbons (Fsp3) is 0.235. The number of imidazole rings is 1. The van der Waals surface area contributed by atoms with E-state index in [1.165, 1.54) is 7.11 Å². The van der Waals surface area contributed by atoms with Crippen molar-refractivity contribution in [1.82, 2.24) is 19.9 Å². The minimum Gasteiger partial charge on any atom is -0.496 e. The van der Waals surface area contributed by atoms with Crippen LogP contribution in [0.2, 0.25) is 5.02 Å². The number of benzene rings is 1. The van der Waals surface area contributed by atoms with Crippen LogP contribution >= 0.6 is 11.6 Å². The van der Waals surface area contributed by atoms with E-state index in [0.29, 0.717) is 11.3 Å². The summed E-state index contributed by atoms with van der Waals surface area (Å²) in [7, 11) is 3.31. The molecule has 0 atom stereocenters. The fourth-order valence-electron chi connectivity index (χ4n) is 2.71. The smallest absolute Gasteiger partial charge is 0.434 e. The van der Waals surface area contributed by atoms with Gasteiger partial charge < -0.3 is 14.6 Å². The molecule has 0 aliphatic rings. The fourth-order valence-corrected chi connectivity index (χ4v) is 2.99. The number of aromatic nitrogens is 3. The predicted octanol–water partition coefficient (Wildman–Crippen LogP) is 3.58. The van der Waals surface area contributed by atoms with Gasteiger partial charge in [0, 0.05) is 25.4 Å². The summed E-state index contributed by atoms with van der Waals surface area (Å²) < 4.78 is 45.3. The molecular weight excluding hydrogens is 385 g/mol. The van der Waals surface area contributed by atoms with Gasteiger partial charge in [0.05, 0.1) is 35.1 Å². The third-order valence-corrected chi connectivity index (χ3v) is 4.25. The SMILES string of the molecule is COc1ccc2ncn(C)c2c1CNC(=O)c1cnc(C(F)(F)F)c(Cl)c1. The second-order valence-electron chi connectivity index (χ2n) is 5.70. The summed E-state index contributed by atoms with van der Waals surface area (Å²) in [4.78, 5) is 19.8. The summed E-state index contributed by atoms with van der Waals surface area (Å²) in [5.74, 6) is -0.0608. The Hall–Kier alpha value is -2.81. The Bertz CT molecular complexity index is 1020. The van der Waals surface area contributed by atoms with Gasteiger partial charge >= 0.3 is 6.18 Å². The number of aryl methyl sites for hydroxylation is 1. The van der Waals surface area contributed by atoms with Gasteiger partial charge in [0.1, 0.15) is 5.75 Å². The zero-order valence-corrected chi connectivity index (χ0v) is 15.0. The number of carbonyl (C=O) groups excluding carboxylic acids is 1. The summed E-state index contributed by atoms with van der Waals surface area (Å²) in [5.41, 5.74) is 0.875. The number of amides is 1. The standard InChI is InChI=1S/C17H14ClF3N4O2/c1-25-8-24-12-3-4-13(27-2)10(14(12)25)7-23-16(26)9-5-11(18)15(22-6-9)17(19,20)21/h3-6,8H,7H2,1-2H3,(H,23,26). The number of carbonyl (C=O) groups is 1. The summed E-state index contributed by atoms with van der Waals surface area (Å²) >= 11 is 5.61. The van der Waals surface area contributed by atoms with Crippen molar-refractivity contribution >= 4 is 28.5 Å². The molecule has 0 bridgehead atoms. The third kappa shape index (κ3) is 3.68. The molecule has 0 spiro atoms. The molecule has 0 aliphatic heterocycles. The first-order valence-electron chi connectivity index (χ1n) is 7.70. The van der Waals surface area contributed by atoms with Gasteiger partial charge in [-0.25, -0.2) is 9.97 Å². The molecule has 1 aromatic carbocycles. The van der Waals surface area contributed by atoms with Crippen LogP contribution in [0.5, 0.6) is 5.75 Å². The van der Waals surface area contributed by atoms with Crippen LogP contribution in [-0.4, -0.2) is 27.6 Å². The lowest BCUT2D eigenvalue weighted by Crippen LogP contribution is -2.24. The number of pyridine rings is 1. The van der Waals surface area contributed by atoms with Crippen molar-refractivity contribution in [3.63, 3.8) is 0 Å². The topological polar surface area (TPSA) is 69.0 Å². The van der Waals surface area contributed by atoms with E-state index >= 15 is 0 Å². The van der Waals surface area contributed by atoms with Crippen LogP contribution in [0.3, 0.4) is 0 Å². The van der Waals surface area contributed by atoms with Crippen LogP contribution in [0, 0.1) is 0 Å². The first kappa shape index (κ1) is 19.0.